The van der Waals surface area contributed by atoms with Crippen LogP contribution in [-0.2, 0) is 0 Å². The lowest BCUT2D eigenvalue weighted by Crippen LogP contribution is -2.06. The second-order valence-electron chi connectivity index (χ2n) is 1.16. The van der Waals surface area contributed by atoms with Crippen LogP contribution >= 0.6 is 0 Å². The second-order valence-corrected chi connectivity index (χ2v) is 1.16. The average molecular weight is 94.1 g/mol. The van der Waals surface area contributed by atoms with Crippen LogP contribution in [0.4, 0.5) is 0 Å². The first-order chi connectivity index (χ1) is 3.43. The smallest absolute Gasteiger partial charge is 0.152 e. The van der Waals surface area contributed by atoms with E-state index in [-0.39, 0.29) is 0 Å². The summed E-state index contributed by atoms with van der Waals surface area (Å²) in [7, 11) is 0. The molecule has 0 fully saturated rings. The quantitative estimate of drug-likeness (QED) is 0.440. The van der Waals surface area contributed by atoms with Gasteiger partial charge in [0, 0.05) is 6.20 Å². The third-order valence-corrected chi connectivity index (χ3v) is 0.694. The van der Waals surface area contributed by atoms with Gasteiger partial charge in [-0.25, -0.2) is 0 Å². The second kappa shape index (κ2) is 1.52. The van der Waals surface area contributed by atoms with Crippen molar-refractivity contribution in [3.63, 3.8) is 0 Å². The van der Waals surface area contributed by atoms with E-state index in [4.69, 9.17) is 5.26 Å². The molecule has 0 spiro atoms. The van der Waals surface area contributed by atoms with E-state index in [2.05, 4.69) is 10.6 Å². The molecule has 1 heterocycles. The highest BCUT2D eigenvalue weighted by atomic mass is 15.1. The van der Waals surface area contributed by atoms with Gasteiger partial charge in [0.15, 0.2) is 5.70 Å². The van der Waals surface area contributed by atoms with Crippen LogP contribution in [0.5, 0.6) is 0 Å². The summed E-state index contributed by atoms with van der Waals surface area (Å²) in [6, 6.07) is 1.90. The Hall–Kier alpha value is -1.17. The summed E-state index contributed by atoms with van der Waals surface area (Å²) in [5, 5.41) is 14.6. The molecule has 3 heteroatoms. The number of hydrogen-bond donors (Lipinski definition) is 1. The van der Waals surface area contributed by atoms with Gasteiger partial charge in [0.25, 0.3) is 0 Å². The van der Waals surface area contributed by atoms with Crippen LogP contribution in [0.25, 0.3) is 0 Å². The molecule has 1 aliphatic heterocycles. The molecule has 0 unspecified atom stereocenters. The molecule has 0 bridgehead atoms. The Morgan fingerprint density at radius 1 is 2.00 bits per heavy atom. The van der Waals surface area contributed by atoms with Crippen LogP contribution in [0.3, 0.4) is 0 Å². The normalized spacial score (nSPS) is 16.1. The number of rotatable bonds is 0. The highest BCUT2D eigenvalue weighted by Crippen LogP contribution is 1.88. The number of hydrogen-bond acceptors (Lipinski definition) is 2. The standard InChI is InChI=1S/C4H4N3/c5-1-4-2-6-3-7-4/h2,6H,3H2. The van der Waals surface area contributed by atoms with Gasteiger partial charge >= 0.3 is 0 Å². The Kier molecular flexibility index (Phi) is 0.868. The van der Waals surface area contributed by atoms with Gasteiger partial charge in [-0.05, 0) is 0 Å². The van der Waals surface area contributed by atoms with Crippen LogP contribution in [-0.4, -0.2) is 6.67 Å². The Balaban J connectivity index is 2.57. The predicted octanol–water partition coefficient (Wildman–Crippen LogP) is -0.484. The van der Waals surface area contributed by atoms with Gasteiger partial charge in [0.05, 0.1) is 0 Å². The van der Waals surface area contributed by atoms with Crippen molar-refractivity contribution < 1.29 is 0 Å². The summed E-state index contributed by atoms with van der Waals surface area (Å²) in [4.78, 5) is 0. The lowest BCUT2D eigenvalue weighted by Gasteiger charge is -1.81. The van der Waals surface area contributed by atoms with Crippen LogP contribution in [0, 0.1) is 11.3 Å². The largest absolute Gasteiger partial charge is 0.370 e. The van der Waals surface area contributed by atoms with Gasteiger partial charge in [0.2, 0.25) is 0 Å². The lowest BCUT2D eigenvalue weighted by atomic mass is 10.5. The van der Waals surface area contributed by atoms with Crippen molar-refractivity contribution in [2.24, 2.45) is 0 Å². The van der Waals surface area contributed by atoms with Crippen molar-refractivity contribution in [1.82, 2.24) is 10.6 Å². The summed E-state index contributed by atoms with van der Waals surface area (Å²) < 4.78 is 0. The van der Waals surface area contributed by atoms with Crippen molar-refractivity contribution in [1.29, 1.82) is 5.26 Å². The molecule has 0 aromatic rings. The minimum atomic E-state index is 0.486. The number of allylic oxidation sites excluding steroid dienone is 1. The zero-order valence-corrected chi connectivity index (χ0v) is 3.68. The number of nitrogens with zero attached hydrogens (tertiary/aromatic N) is 2. The fraction of sp³-hybridized carbons (Fsp3) is 0.250. The third-order valence-electron chi connectivity index (χ3n) is 0.694. The monoisotopic (exact) mass is 94.0 g/mol. The van der Waals surface area contributed by atoms with Crippen molar-refractivity contribution in [3.8, 4) is 6.07 Å². The molecular weight excluding hydrogens is 90.1 g/mol. The van der Waals surface area contributed by atoms with E-state index in [0.29, 0.717) is 12.4 Å². The van der Waals surface area contributed by atoms with Crippen LogP contribution in [0.1, 0.15) is 0 Å². The van der Waals surface area contributed by atoms with Gasteiger partial charge in [-0.3, -0.25) is 5.32 Å². The molecule has 0 saturated heterocycles. The van der Waals surface area contributed by atoms with E-state index in [9.17, 15) is 0 Å². The zero-order valence-electron chi connectivity index (χ0n) is 3.68. The van der Waals surface area contributed by atoms with Crippen molar-refractivity contribution >= 4 is 0 Å². The summed E-state index contributed by atoms with van der Waals surface area (Å²) in [6.45, 7) is 0.558. The van der Waals surface area contributed by atoms with E-state index < -0.39 is 0 Å². The van der Waals surface area contributed by atoms with Gasteiger partial charge in [0.1, 0.15) is 12.7 Å². The van der Waals surface area contributed by atoms with E-state index in [1.54, 1.807) is 6.20 Å². The molecule has 1 radical (unpaired) electrons. The molecule has 3 nitrogen and oxygen atoms in total. The molecule has 0 amide bonds. The topological polar surface area (TPSA) is 49.9 Å². The maximum absolute atomic E-state index is 8.11. The first kappa shape index (κ1) is 4.00. The first-order valence-corrected chi connectivity index (χ1v) is 1.94. The van der Waals surface area contributed by atoms with Crippen molar-refractivity contribution in [2.75, 3.05) is 6.67 Å². The fourth-order valence-corrected chi connectivity index (χ4v) is 0.386. The number of nitrogens with one attached hydrogen (secondary N) is 1. The maximum atomic E-state index is 8.11. The van der Waals surface area contributed by atoms with Gasteiger partial charge in [-0.2, -0.15) is 5.26 Å². The van der Waals surface area contributed by atoms with Crippen molar-refractivity contribution in [2.45, 2.75) is 0 Å². The summed E-state index contributed by atoms with van der Waals surface area (Å²) in [5.41, 5.74) is 0.486. The summed E-state index contributed by atoms with van der Waals surface area (Å²) in [6.07, 6.45) is 1.60. The zero-order chi connectivity index (χ0) is 5.11. The van der Waals surface area contributed by atoms with Crippen LogP contribution in [0.15, 0.2) is 11.9 Å². The predicted molar refractivity (Wildman–Crippen MR) is 23.8 cm³/mol. The molecule has 0 saturated carbocycles. The van der Waals surface area contributed by atoms with E-state index in [1.165, 1.54) is 0 Å². The lowest BCUT2D eigenvalue weighted by molar-refractivity contribution is 0.810. The van der Waals surface area contributed by atoms with Gasteiger partial charge < -0.3 is 5.32 Å². The van der Waals surface area contributed by atoms with Crippen LogP contribution < -0.4 is 10.6 Å². The Labute approximate surface area is 41.6 Å². The molecule has 1 rings (SSSR count). The Morgan fingerprint density at radius 3 is 3.14 bits per heavy atom. The molecule has 7 heavy (non-hydrogen) atoms. The van der Waals surface area contributed by atoms with E-state index in [0.717, 1.165) is 0 Å². The highest BCUT2D eigenvalue weighted by molar-refractivity contribution is 5.19. The molecule has 0 aliphatic carbocycles. The third kappa shape index (κ3) is 0.631. The highest BCUT2D eigenvalue weighted by Gasteiger charge is 1.99. The van der Waals surface area contributed by atoms with Gasteiger partial charge in [-0.1, -0.05) is 0 Å². The molecule has 35 valence electrons. The average Bonchev–Trinajstić information content (AvgIpc) is 2.14. The van der Waals surface area contributed by atoms with Crippen LogP contribution in [0.2, 0.25) is 0 Å². The van der Waals surface area contributed by atoms with Crippen molar-refractivity contribution in [3.05, 3.63) is 11.9 Å². The molecule has 0 atom stereocenters. The molecular formula is C4H4N3. The Bertz CT molecular complexity index is 130. The summed E-state index contributed by atoms with van der Waals surface area (Å²) >= 11 is 0. The fourth-order valence-electron chi connectivity index (χ4n) is 0.386. The molecule has 0 aromatic carbocycles. The Morgan fingerprint density at radius 2 is 2.86 bits per heavy atom. The van der Waals surface area contributed by atoms with E-state index >= 15 is 0 Å². The maximum Gasteiger partial charge on any atom is 0.152 e. The molecule has 1 aliphatic rings. The number of nitriles is 1. The van der Waals surface area contributed by atoms with E-state index in [1.807, 2.05) is 6.07 Å². The minimum absolute atomic E-state index is 0.486. The summed E-state index contributed by atoms with van der Waals surface area (Å²) in [5.74, 6) is 0. The first-order valence-electron chi connectivity index (χ1n) is 1.94. The molecule has 0 aromatic heterocycles. The molecule has 1 N–H and O–H groups in total. The SMILES string of the molecule is N#CC1=CNC[N]1. The van der Waals surface area contributed by atoms with Gasteiger partial charge in [-0.15, -0.1) is 0 Å². The minimum Gasteiger partial charge on any atom is -0.370 e.